The molecule has 5 heteroatoms. The number of ether oxygens (including phenoxy) is 2. The van der Waals surface area contributed by atoms with Crippen LogP contribution in [-0.4, -0.2) is 37.4 Å². The Morgan fingerprint density at radius 1 is 1.11 bits per heavy atom. The molecule has 2 rings (SSSR count). The minimum Gasteiger partial charge on any atom is -0.497 e. The zero-order valence-electron chi connectivity index (χ0n) is 11.1. The lowest BCUT2D eigenvalue weighted by atomic mass is 10.1. The van der Waals surface area contributed by atoms with Crippen molar-refractivity contribution in [3.8, 4) is 11.5 Å². The molecule has 19 heavy (non-hydrogen) atoms. The van der Waals surface area contributed by atoms with Gasteiger partial charge >= 0.3 is 0 Å². The fourth-order valence-electron chi connectivity index (χ4n) is 2.10. The molecule has 0 aliphatic carbocycles. The molecule has 1 saturated heterocycles. The quantitative estimate of drug-likeness (QED) is 0.770. The Bertz CT molecular complexity index is 476. The second-order valence-corrected chi connectivity index (χ2v) is 4.50. The second kappa shape index (κ2) is 5.73. The van der Waals surface area contributed by atoms with Gasteiger partial charge in [0, 0.05) is 25.6 Å². The van der Waals surface area contributed by atoms with E-state index in [9.17, 15) is 9.59 Å². The van der Waals surface area contributed by atoms with Gasteiger partial charge in [-0.15, -0.1) is 0 Å². The number of benzene rings is 1. The molecule has 5 nitrogen and oxygen atoms in total. The summed E-state index contributed by atoms with van der Waals surface area (Å²) in [6.07, 6.45) is 0.452. The Balaban J connectivity index is 2.14. The predicted octanol–water partition coefficient (Wildman–Crippen LogP) is 1.40. The highest BCUT2D eigenvalue weighted by Crippen LogP contribution is 2.24. The summed E-state index contributed by atoms with van der Waals surface area (Å²) in [7, 11) is 3.17. The van der Waals surface area contributed by atoms with E-state index in [-0.39, 0.29) is 18.1 Å². The second-order valence-electron chi connectivity index (χ2n) is 4.50. The van der Waals surface area contributed by atoms with E-state index < -0.39 is 0 Å². The fourth-order valence-corrected chi connectivity index (χ4v) is 2.10. The minimum absolute atomic E-state index is 0.0150. The number of hydrogen-bond acceptors (Lipinski definition) is 4. The first-order valence-electron chi connectivity index (χ1n) is 6.14. The number of methoxy groups -OCH3 is 2. The van der Waals surface area contributed by atoms with Crippen molar-refractivity contribution in [2.45, 2.75) is 19.4 Å². The maximum absolute atomic E-state index is 11.8. The number of nitrogens with zero attached hydrogens (tertiary/aromatic N) is 1. The van der Waals surface area contributed by atoms with Gasteiger partial charge in [0.15, 0.2) is 0 Å². The molecule has 0 atom stereocenters. The first-order chi connectivity index (χ1) is 9.12. The van der Waals surface area contributed by atoms with Gasteiger partial charge in [-0.25, -0.2) is 0 Å². The predicted molar refractivity (Wildman–Crippen MR) is 69.2 cm³/mol. The molecule has 0 unspecified atom stereocenters. The van der Waals surface area contributed by atoms with Crippen molar-refractivity contribution in [3.63, 3.8) is 0 Å². The van der Waals surface area contributed by atoms with E-state index in [0.29, 0.717) is 31.0 Å². The summed E-state index contributed by atoms with van der Waals surface area (Å²) in [6.45, 7) is 0.955. The Kier molecular flexibility index (Phi) is 4.04. The van der Waals surface area contributed by atoms with E-state index in [4.69, 9.17) is 9.47 Å². The molecule has 1 aliphatic rings. The molecule has 1 fully saturated rings. The first-order valence-corrected chi connectivity index (χ1v) is 6.14. The fraction of sp³-hybridized carbons (Fsp3) is 0.429. The smallest absolute Gasteiger partial charge is 0.230 e. The molecule has 102 valence electrons. The van der Waals surface area contributed by atoms with Gasteiger partial charge in [0.05, 0.1) is 20.6 Å². The number of hydrogen-bond donors (Lipinski definition) is 0. The highest BCUT2D eigenvalue weighted by molar-refractivity contribution is 6.00. The number of amides is 1. The van der Waals surface area contributed by atoms with Crippen molar-refractivity contribution in [3.05, 3.63) is 23.8 Å². The van der Waals surface area contributed by atoms with Crippen molar-refractivity contribution in [1.29, 1.82) is 0 Å². The Morgan fingerprint density at radius 2 is 1.74 bits per heavy atom. The first kappa shape index (κ1) is 13.4. The maximum atomic E-state index is 11.8. The molecule has 1 aliphatic heterocycles. The Morgan fingerprint density at radius 3 is 2.26 bits per heavy atom. The highest BCUT2D eigenvalue weighted by Gasteiger charge is 2.23. The van der Waals surface area contributed by atoms with Crippen LogP contribution < -0.4 is 9.47 Å². The summed E-state index contributed by atoms with van der Waals surface area (Å²) in [6, 6.07) is 5.52. The normalized spacial score (nSPS) is 15.6. The van der Waals surface area contributed by atoms with Crippen molar-refractivity contribution in [1.82, 2.24) is 4.90 Å². The number of carbonyl (C=O) groups is 2. The molecule has 0 radical (unpaired) electrons. The Labute approximate surface area is 112 Å². The van der Waals surface area contributed by atoms with Crippen LogP contribution in [0.5, 0.6) is 11.5 Å². The lowest BCUT2D eigenvalue weighted by Gasteiger charge is -2.26. The third kappa shape index (κ3) is 3.24. The highest BCUT2D eigenvalue weighted by atomic mass is 16.5. The molecule has 0 aromatic heterocycles. The maximum Gasteiger partial charge on any atom is 0.230 e. The van der Waals surface area contributed by atoms with Crippen LogP contribution in [0.4, 0.5) is 0 Å². The molecule has 1 amide bonds. The van der Waals surface area contributed by atoms with Crippen molar-refractivity contribution >= 4 is 11.7 Å². The summed E-state index contributed by atoms with van der Waals surface area (Å²) in [4.78, 5) is 24.6. The average Bonchev–Trinajstić information content (AvgIpc) is 2.41. The minimum atomic E-state index is -0.113. The van der Waals surface area contributed by atoms with Gasteiger partial charge in [-0.1, -0.05) is 0 Å². The van der Waals surface area contributed by atoms with Gasteiger partial charge in [-0.05, 0) is 17.7 Å². The van der Waals surface area contributed by atoms with E-state index in [1.807, 2.05) is 12.1 Å². The number of likely N-dealkylation sites (tertiary alicyclic amines) is 1. The standard InChI is InChI=1S/C14H17NO4/c1-18-12-5-10(6-13(8-12)19-2)9-15-4-3-11(16)7-14(15)17/h5-6,8H,3-4,7,9H2,1-2H3. The third-order valence-electron chi connectivity index (χ3n) is 3.15. The number of ketones is 1. The van der Waals surface area contributed by atoms with Crippen molar-refractivity contribution in [2.24, 2.45) is 0 Å². The number of rotatable bonds is 4. The van der Waals surface area contributed by atoms with Gasteiger partial charge in [-0.3, -0.25) is 9.59 Å². The SMILES string of the molecule is COc1cc(CN2CCC(=O)CC2=O)cc(OC)c1. The van der Waals surface area contributed by atoms with Crippen LogP contribution in [0.25, 0.3) is 0 Å². The van der Waals surface area contributed by atoms with Crippen LogP contribution >= 0.6 is 0 Å². The van der Waals surface area contributed by atoms with Crippen LogP contribution in [0.2, 0.25) is 0 Å². The number of carbonyl (C=O) groups excluding carboxylic acids is 2. The number of piperidine rings is 1. The van der Waals surface area contributed by atoms with E-state index in [0.717, 1.165) is 5.56 Å². The summed E-state index contributed by atoms with van der Waals surface area (Å²) in [5, 5.41) is 0. The van der Waals surface area contributed by atoms with Crippen LogP contribution in [0.1, 0.15) is 18.4 Å². The van der Waals surface area contributed by atoms with Crippen LogP contribution in [0.15, 0.2) is 18.2 Å². The van der Waals surface area contributed by atoms with Crippen LogP contribution in [0.3, 0.4) is 0 Å². The molecular weight excluding hydrogens is 246 g/mol. The summed E-state index contributed by atoms with van der Waals surface area (Å²) in [5.74, 6) is 1.28. The lowest BCUT2D eigenvalue weighted by molar-refractivity contribution is -0.139. The topological polar surface area (TPSA) is 55.8 Å². The molecule has 0 saturated carbocycles. The van der Waals surface area contributed by atoms with E-state index in [1.165, 1.54) is 0 Å². The molecular formula is C14H17NO4. The van der Waals surface area contributed by atoms with Crippen LogP contribution in [0, 0.1) is 0 Å². The van der Waals surface area contributed by atoms with Crippen LogP contribution in [-0.2, 0) is 16.1 Å². The van der Waals surface area contributed by atoms with Gasteiger partial charge in [-0.2, -0.15) is 0 Å². The van der Waals surface area contributed by atoms with Gasteiger partial charge in [0.25, 0.3) is 0 Å². The molecule has 1 aromatic carbocycles. The zero-order valence-corrected chi connectivity index (χ0v) is 11.1. The summed E-state index contributed by atoms with van der Waals surface area (Å²) < 4.78 is 10.4. The summed E-state index contributed by atoms with van der Waals surface area (Å²) >= 11 is 0. The number of Topliss-reactive ketones (excluding diaryl/α,β-unsaturated/α-hetero) is 1. The molecule has 1 aromatic rings. The molecule has 0 N–H and O–H groups in total. The molecule has 0 bridgehead atoms. The van der Waals surface area contributed by atoms with Gasteiger partial charge in [0.1, 0.15) is 17.3 Å². The van der Waals surface area contributed by atoms with Gasteiger partial charge in [0.2, 0.25) is 5.91 Å². The Hall–Kier alpha value is -2.04. The monoisotopic (exact) mass is 263 g/mol. The van der Waals surface area contributed by atoms with Crippen molar-refractivity contribution in [2.75, 3.05) is 20.8 Å². The van der Waals surface area contributed by atoms with Gasteiger partial charge < -0.3 is 14.4 Å². The molecule has 1 heterocycles. The van der Waals surface area contributed by atoms with E-state index in [1.54, 1.807) is 25.2 Å². The molecule has 0 spiro atoms. The van der Waals surface area contributed by atoms with E-state index >= 15 is 0 Å². The van der Waals surface area contributed by atoms with E-state index in [2.05, 4.69) is 0 Å². The third-order valence-corrected chi connectivity index (χ3v) is 3.15. The van der Waals surface area contributed by atoms with Crippen molar-refractivity contribution < 1.29 is 19.1 Å². The summed E-state index contributed by atoms with van der Waals surface area (Å²) in [5.41, 5.74) is 0.930. The largest absolute Gasteiger partial charge is 0.497 e. The lowest BCUT2D eigenvalue weighted by Crippen LogP contribution is -2.38. The average molecular weight is 263 g/mol. The zero-order chi connectivity index (χ0) is 13.8.